The Morgan fingerprint density at radius 3 is 2.61 bits per heavy atom. The van der Waals surface area contributed by atoms with Crippen LogP contribution in [-0.2, 0) is 6.54 Å². The minimum atomic E-state index is -0.157. The highest BCUT2D eigenvalue weighted by Crippen LogP contribution is 2.16. The van der Waals surface area contributed by atoms with E-state index in [4.69, 9.17) is 4.42 Å². The average Bonchev–Trinajstić information content (AvgIpc) is 2.77. The first-order valence-corrected chi connectivity index (χ1v) is 6.11. The molecule has 0 aliphatic rings. The largest absolute Gasteiger partial charge is 0.465 e. The van der Waals surface area contributed by atoms with Crippen molar-refractivity contribution in [1.29, 1.82) is 0 Å². The third-order valence-electron chi connectivity index (χ3n) is 3.04. The molecule has 0 amide bonds. The van der Waals surface area contributed by atoms with Crippen molar-refractivity contribution in [2.75, 3.05) is 0 Å². The standard InChI is InChI=1S/C15H18FNO/c1-10-4-6-13(8-14(10)16)9-17-12(3)15-7-5-11(2)18-15/h4-8,12,17H,9H2,1-3H3. The van der Waals surface area contributed by atoms with Crippen molar-refractivity contribution in [2.24, 2.45) is 0 Å². The van der Waals surface area contributed by atoms with Gasteiger partial charge in [-0.15, -0.1) is 0 Å². The molecule has 1 atom stereocenters. The fourth-order valence-electron chi connectivity index (χ4n) is 1.80. The molecule has 2 rings (SSSR count). The van der Waals surface area contributed by atoms with E-state index in [0.29, 0.717) is 12.1 Å². The molecule has 0 fully saturated rings. The van der Waals surface area contributed by atoms with Crippen molar-refractivity contribution in [3.8, 4) is 0 Å². The molecule has 0 aliphatic heterocycles. The Morgan fingerprint density at radius 1 is 1.22 bits per heavy atom. The van der Waals surface area contributed by atoms with Gasteiger partial charge in [0.1, 0.15) is 17.3 Å². The van der Waals surface area contributed by atoms with Gasteiger partial charge in [-0.05, 0) is 50.1 Å². The number of halogens is 1. The smallest absolute Gasteiger partial charge is 0.126 e. The molecule has 1 aromatic heterocycles. The molecule has 0 saturated heterocycles. The van der Waals surface area contributed by atoms with E-state index in [0.717, 1.165) is 17.1 Å². The summed E-state index contributed by atoms with van der Waals surface area (Å²) in [5, 5.41) is 3.31. The number of aryl methyl sites for hydroxylation is 2. The Balaban J connectivity index is 1.97. The van der Waals surface area contributed by atoms with E-state index < -0.39 is 0 Å². The number of benzene rings is 1. The minimum absolute atomic E-state index is 0.114. The summed E-state index contributed by atoms with van der Waals surface area (Å²) in [5.41, 5.74) is 1.61. The van der Waals surface area contributed by atoms with Crippen LogP contribution in [0.4, 0.5) is 4.39 Å². The number of hydrogen-bond acceptors (Lipinski definition) is 2. The quantitative estimate of drug-likeness (QED) is 0.886. The van der Waals surface area contributed by atoms with Crippen LogP contribution in [0.5, 0.6) is 0 Å². The predicted molar refractivity (Wildman–Crippen MR) is 69.8 cm³/mol. The van der Waals surface area contributed by atoms with E-state index in [-0.39, 0.29) is 11.9 Å². The molecule has 2 nitrogen and oxygen atoms in total. The summed E-state index contributed by atoms with van der Waals surface area (Å²) in [5.74, 6) is 1.65. The fraction of sp³-hybridized carbons (Fsp3) is 0.333. The summed E-state index contributed by atoms with van der Waals surface area (Å²) in [6.07, 6.45) is 0. The maximum Gasteiger partial charge on any atom is 0.126 e. The molecule has 3 heteroatoms. The van der Waals surface area contributed by atoms with E-state index in [1.54, 1.807) is 19.1 Å². The van der Waals surface area contributed by atoms with Crippen molar-refractivity contribution < 1.29 is 8.81 Å². The first-order valence-electron chi connectivity index (χ1n) is 6.11. The molecule has 2 aromatic rings. The summed E-state index contributed by atoms with van der Waals surface area (Å²) in [6, 6.07) is 9.33. The Morgan fingerprint density at radius 2 is 2.00 bits per heavy atom. The molecule has 0 spiro atoms. The number of furan rings is 1. The molecule has 1 unspecified atom stereocenters. The third-order valence-corrected chi connectivity index (χ3v) is 3.04. The maximum atomic E-state index is 13.4. The van der Waals surface area contributed by atoms with E-state index in [1.807, 2.05) is 32.0 Å². The summed E-state index contributed by atoms with van der Waals surface area (Å²) >= 11 is 0. The second kappa shape index (κ2) is 5.36. The van der Waals surface area contributed by atoms with E-state index in [9.17, 15) is 4.39 Å². The minimum Gasteiger partial charge on any atom is -0.465 e. The molecular formula is C15H18FNO. The lowest BCUT2D eigenvalue weighted by atomic mass is 10.1. The van der Waals surface area contributed by atoms with Crippen LogP contribution in [0.3, 0.4) is 0 Å². The van der Waals surface area contributed by atoms with Gasteiger partial charge in [0.25, 0.3) is 0 Å². The molecule has 1 heterocycles. The van der Waals surface area contributed by atoms with Crippen LogP contribution in [-0.4, -0.2) is 0 Å². The van der Waals surface area contributed by atoms with Gasteiger partial charge in [0.2, 0.25) is 0 Å². The highest BCUT2D eigenvalue weighted by molar-refractivity contribution is 5.23. The van der Waals surface area contributed by atoms with Crippen molar-refractivity contribution in [1.82, 2.24) is 5.32 Å². The number of hydrogen-bond donors (Lipinski definition) is 1. The average molecular weight is 247 g/mol. The normalized spacial score (nSPS) is 12.7. The van der Waals surface area contributed by atoms with Crippen LogP contribution in [0.15, 0.2) is 34.7 Å². The molecule has 0 radical (unpaired) electrons. The van der Waals surface area contributed by atoms with Crippen molar-refractivity contribution in [3.05, 3.63) is 58.8 Å². The van der Waals surface area contributed by atoms with Gasteiger partial charge in [-0.3, -0.25) is 0 Å². The number of rotatable bonds is 4. The topological polar surface area (TPSA) is 25.2 Å². The lowest BCUT2D eigenvalue weighted by Crippen LogP contribution is -2.17. The van der Waals surface area contributed by atoms with Crippen LogP contribution in [0.1, 0.15) is 35.6 Å². The summed E-state index contributed by atoms with van der Waals surface area (Å²) in [6.45, 7) is 6.34. The van der Waals surface area contributed by atoms with E-state index in [2.05, 4.69) is 5.32 Å². The summed E-state index contributed by atoms with van der Waals surface area (Å²) in [7, 11) is 0. The second-order valence-corrected chi connectivity index (χ2v) is 4.63. The zero-order chi connectivity index (χ0) is 13.1. The van der Waals surface area contributed by atoms with Crippen molar-refractivity contribution >= 4 is 0 Å². The summed E-state index contributed by atoms with van der Waals surface area (Å²) in [4.78, 5) is 0. The van der Waals surface area contributed by atoms with Crippen molar-refractivity contribution in [2.45, 2.75) is 33.4 Å². The van der Waals surface area contributed by atoms with Gasteiger partial charge in [-0.1, -0.05) is 12.1 Å². The van der Waals surface area contributed by atoms with E-state index >= 15 is 0 Å². The first-order chi connectivity index (χ1) is 8.56. The van der Waals surface area contributed by atoms with Gasteiger partial charge in [0.05, 0.1) is 6.04 Å². The third kappa shape index (κ3) is 2.99. The van der Waals surface area contributed by atoms with Crippen LogP contribution in [0.25, 0.3) is 0 Å². The Kier molecular flexibility index (Phi) is 3.82. The van der Waals surface area contributed by atoms with Gasteiger partial charge in [-0.2, -0.15) is 0 Å². The molecule has 0 saturated carbocycles. The molecular weight excluding hydrogens is 229 g/mol. The fourth-order valence-corrected chi connectivity index (χ4v) is 1.80. The molecule has 18 heavy (non-hydrogen) atoms. The van der Waals surface area contributed by atoms with Crippen LogP contribution in [0.2, 0.25) is 0 Å². The number of nitrogens with one attached hydrogen (secondary N) is 1. The maximum absolute atomic E-state index is 13.4. The molecule has 0 bridgehead atoms. The van der Waals surface area contributed by atoms with Gasteiger partial charge < -0.3 is 9.73 Å². The van der Waals surface area contributed by atoms with Crippen LogP contribution >= 0.6 is 0 Å². The van der Waals surface area contributed by atoms with Gasteiger partial charge in [0.15, 0.2) is 0 Å². The molecule has 1 aromatic carbocycles. The Hall–Kier alpha value is -1.61. The molecule has 1 N–H and O–H groups in total. The van der Waals surface area contributed by atoms with Crippen LogP contribution < -0.4 is 5.32 Å². The highest BCUT2D eigenvalue weighted by atomic mass is 19.1. The predicted octanol–water partition coefficient (Wildman–Crippen LogP) is 3.89. The second-order valence-electron chi connectivity index (χ2n) is 4.63. The Labute approximate surface area is 107 Å². The van der Waals surface area contributed by atoms with Gasteiger partial charge in [-0.25, -0.2) is 4.39 Å². The zero-order valence-corrected chi connectivity index (χ0v) is 11.0. The van der Waals surface area contributed by atoms with Gasteiger partial charge >= 0.3 is 0 Å². The summed E-state index contributed by atoms with van der Waals surface area (Å²) < 4.78 is 18.9. The van der Waals surface area contributed by atoms with E-state index in [1.165, 1.54) is 0 Å². The Bertz CT molecular complexity index is 533. The molecule has 0 aliphatic carbocycles. The molecule has 96 valence electrons. The lowest BCUT2D eigenvalue weighted by molar-refractivity contribution is 0.415. The van der Waals surface area contributed by atoms with Crippen molar-refractivity contribution in [3.63, 3.8) is 0 Å². The first kappa shape index (κ1) is 12.8. The monoisotopic (exact) mass is 247 g/mol. The lowest BCUT2D eigenvalue weighted by Gasteiger charge is -2.11. The SMILES string of the molecule is Cc1ccc(C(C)NCc2ccc(C)c(F)c2)o1. The van der Waals surface area contributed by atoms with Crippen LogP contribution in [0, 0.1) is 19.7 Å². The van der Waals surface area contributed by atoms with Gasteiger partial charge in [0, 0.05) is 6.54 Å². The highest BCUT2D eigenvalue weighted by Gasteiger charge is 2.09. The zero-order valence-electron chi connectivity index (χ0n) is 11.0.